The zero-order chi connectivity index (χ0) is 25.8. The van der Waals surface area contributed by atoms with Crippen molar-refractivity contribution in [1.82, 2.24) is 0 Å². The molecule has 184 valence electrons. The summed E-state index contributed by atoms with van der Waals surface area (Å²) in [5.74, 6) is 0. The van der Waals surface area contributed by atoms with E-state index >= 15 is 0 Å². The largest absolute Gasteiger partial charge is 0.494 e. The molecule has 0 unspecified atom stereocenters. The van der Waals surface area contributed by atoms with Gasteiger partial charge in [0.25, 0.3) is 0 Å². The van der Waals surface area contributed by atoms with Gasteiger partial charge < -0.3 is 9.31 Å². The molecule has 2 aliphatic rings. The molecule has 1 fully saturated rings. The van der Waals surface area contributed by atoms with Gasteiger partial charge in [0, 0.05) is 25.7 Å². The number of fused-ring (bicyclic) bond motifs is 6. The summed E-state index contributed by atoms with van der Waals surface area (Å²) in [4.78, 5) is 0. The molecule has 5 aromatic carbocycles. The van der Waals surface area contributed by atoms with E-state index in [1.54, 1.807) is 0 Å². The molecule has 4 heteroatoms. The molecule has 0 saturated carbocycles. The Morgan fingerprint density at radius 1 is 0.553 bits per heavy atom. The second-order valence-electron chi connectivity index (χ2n) is 11.6. The maximum atomic E-state index is 6.35. The summed E-state index contributed by atoms with van der Waals surface area (Å²) in [5, 5.41) is 5.27. The molecule has 2 heterocycles. The first-order valence-corrected chi connectivity index (χ1v) is 14.1. The third-order valence-electron chi connectivity index (χ3n) is 8.89. The molecule has 0 bridgehead atoms. The topological polar surface area (TPSA) is 18.5 Å². The predicted molar refractivity (Wildman–Crippen MR) is 162 cm³/mol. The van der Waals surface area contributed by atoms with Crippen LogP contribution in [0.5, 0.6) is 0 Å². The van der Waals surface area contributed by atoms with Crippen molar-refractivity contribution in [1.29, 1.82) is 0 Å². The van der Waals surface area contributed by atoms with E-state index in [9.17, 15) is 0 Å². The molecule has 8 rings (SSSR count). The van der Waals surface area contributed by atoms with Gasteiger partial charge in [0.15, 0.2) is 0 Å². The van der Waals surface area contributed by atoms with Gasteiger partial charge in [-0.25, -0.2) is 0 Å². The lowest BCUT2D eigenvalue weighted by Crippen LogP contribution is -2.41. The molecule has 6 aromatic rings. The SMILES string of the molecule is CC1(C)OB(c2ccc3c(c2)sc2c(-c4ccc5c6c(cccc46)-c4ccccc4-5)cccc23)OC1(C)C. The quantitative estimate of drug-likeness (QED) is 0.216. The van der Waals surface area contributed by atoms with Crippen LogP contribution in [0.3, 0.4) is 0 Å². The maximum Gasteiger partial charge on any atom is 0.494 e. The van der Waals surface area contributed by atoms with Crippen LogP contribution >= 0.6 is 11.3 Å². The Labute approximate surface area is 227 Å². The summed E-state index contributed by atoms with van der Waals surface area (Å²) in [6.07, 6.45) is 0. The minimum atomic E-state index is -0.354. The van der Waals surface area contributed by atoms with Crippen LogP contribution in [0.25, 0.3) is 64.3 Å². The molecule has 1 aliphatic carbocycles. The van der Waals surface area contributed by atoms with Crippen molar-refractivity contribution in [3.8, 4) is 33.4 Å². The molecule has 1 aliphatic heterocycles. The van der Waals surface area contributed by atoms with Crippen molar-refractivity contribution >= 4 is 54.9 Å². The van der Waals surface area contributed by atoms with E-state index in [0.29, 0.717) is 0 Å². The van der Waals surface area contributed by atoms with Crippen LogP contribution in [-0.4, -0.2) is 18.3 Å². The monoisotopic (exact) mass is 510 g/mol. The van der Waals surface area contributed by atoms with E-state index in [1.807, 2.05) is 11.3 Å². The first kappa shape index (κ1) is 22.5. The van der Waals surface area contributed by atoms with E-state index in [4.69, 9.17) is 9.31 Å². The summed E-state index contributed by atoms with van der Waals surface area (Å²) in [5.41, 5.74) is 8.30. The van der Waals surface area contributed by atoms with Crippen LogP contribution in [0.2, 0.25) is 0 Å². The predicted octanol–water partition coefficient (Wildman–Crippen LogP) is 8.82. The van der Waals surface area contributed by atoms with Crippen LogP contribution < -0.4 is 5.46 Å². The van der Waals surface area contributed by atoms with Gasteiger partial charge in [0.1, 0.15) is 0 Å². The minimum absolute atomic E-state index is 0.352. The molecule has 0 N–H and O–H groups in total. The maximum absolute atomic E-state index is 6.35. The van der Waals surface area contributed by atoms with Gasteiger partial charge in [-0.05, 0) is 77.8 Å². The summed E-state index contributed by atoms with van der Waals surface area (Å²) >= 11 is 1.86. The lowest BCUT2D eigenvalue weighted by atomic mass is 9.79. The standard InChI is InChI=1S/C34H27BO2S/c1-33(2)34(3,4)37-35(36-33)20-15-16-24-29-14-8-13-28(32(29)38-30(24)19-20)23-17-18-27-22-10-6-5-9-21(22)25-11-7-12-26(23)31(25)27/h5-19H,1-4H3. The van der Waals surface area contributed by atoms with Crippen molar-refractivity contribution in [2.75, 3.05) is 0 Å². The first-order chi connectivity index (χ1) is 18.3. The smallest absolute Gasteiger partial charge is 0.399 e. The highest BCUT2D eigenvalue weighted by atomic mass is 32.1. The Bertz CT molecular complexity index is 1900. The lowest BCUT2D eigenvalue weighted by Gasteiger charge is -2.32. The fraction of sp³-hybridized carbons (Fsp3) is 0.176. The number of hydrogen-bond acceptors (Lipinski definition) is 3. The summed E-state index contributed by atoms with van der Waals surface area (Å²) in [6, 6.07) is 33.5. The summed E-state index contributed by atoms with van der Waals surface area (Å²) in [6.45, 7) is 8.42. The van der Waals surface area contributed by atoms with Gasteiger partial charge in [0.2, 0.25) is 0 Å². The Balaban J connectivity index is 1.31. The van der Waals surface area contributed by atoms with Gasteiger partial charge in [0.05, 0.1) is 11.2 Å². The Morgan fingerprint density at radius 2 is 1.16 bits per heavy atom. The third kappa shape index (κ3) is 2.97. The average molecular weight is 510 g/mol. The number of hydrogen-bond donors (Lipinski definition) is 0. The van der Waals surface area contributed by atoms with Crippen molar-refractivity contribution in [3.05, 3.63) is 91.0 Å². The van der Waals surface area contributed by atoms with Gasteiger partial charge in [-0.15, -0.1) is 11.3 Å². The van der Waals surface area contributed by atoms with Crippen molar-refractivity contribution in [3.63, 3.8) is 0 Å². The number of thiophene rings is 1. The van der Waals surface area contributed by atoms with Gasteiger partial charge in [-0.1, -0.05) is 84.9 Å². The molecule has 0 radical (unpaired) electrons. The number of rotatable bonds is 2. The second-order valence-corrected chi connectivity index (χ2v) is 12.6. The van der Waals surface area contributed by atoms with Crippen molar-refractivity contribution < 1.29 is 9.31 Å². The first-order valence-electron chi connectivity index (χ1n) is 13.3. The van der Waals surface area contributed by atoms with Gasteiger partial charge in [-0.3, -0.25) is 0 Å². The molecule has 38 heavy (non-hydrogen) atoms. The minimum Gasteiger partial charge on any atom is -0.399 e. The van der Waals surface area contributed by atoms with Gasteiger partial charge in [-0.2, -0.15) is 0 Å². The summed E-state index contributed by atoms with van der Waals surface area (Å²) in [7, 11) is -0.354. The Kier molecular flexibility index (Phi) is 4.49. The summed E-state index contributed by atoms with van der Waals surface area (Å²) < 4.78 is 15.3. The van der Waals surface area contributed by atoms with E-state index in [2.05, 4.69) is 119 Å². The van der Waals surface area contributed by atoms with Gasteiger partial charge >= 0.3 is 7.12 Å². The normalized spacial score (nSPS) is 17.1. The molecule has 1 aromatic heterocycles. The molecule has 0 amide bonds. The van der Waals surface area contributed by atoms with E-state index in [-0.39, 0.29) is 18.3 Å². The average Bonchev–Trinajstić information content (AvgIpc) is 3.52. The molecule has 0 spiro atoms. The van der Waals surface area contributed by atoms with Crippen LogP contribution in [-0.2, 0) is 9.31 Å². The van der Waals surface area contributed by atoms with Crippen molar-refractivity contribution in [2.45, 2.75) is 38.9 Å². The van der Waals surface area contributed by atoms with Crippen LogP contribution in [0.1, 0.15) is 27.7 Å². The van der Waals surface area contributed by atoms with Crippen LogP contribution in [0.15, 0.2) is 91.0 Å². The highest BCUT2D eigenvalue weighted by molar-refractivity contribution is 7.26. The zero-order valence-corrected chi connectivity index (χ0v) is 22.8. The highest BCUT2D eigenvalue weighted by Gasteiger charge is 2.51. The molecular formula is C34H27BO2S. The van der Waals surface area contributed by atoms with E-state index in [1.165, 1.54) is 64.3 Å². The molecule has 0 atom stereocenters. The Hall–Kier alpha value is -3.44. The van der Waals surface area contributed by atoms with Crippen LogP contribution in [0.4, 0.5) is 0 Å². The Morgan fingerprint density at radius 3 is 1.89 bits per heavy atom. The third-order valence-corrected chi connectivity index (χ3v) is 10.1. The molecule has 2 nitrogen and oxygen atoms in total. The van der Waals surface area contributed by atoms with Crippen molar-refractivity contribution in [2.24, 2.45) is 0 Å². The second kappa shape index (κ2) is 7.57. The van der Waals surface area contributed by atoms with Crippen LogP contribution in [0, 0.1) is 0 Å². The van der Waals surface area contributed by atoms with E-state index in [0.717, 1.165) is 5.46 Å². The molecule has 1 saturated heterocycles. The fourth-order valence-corrected chi connectivity index (χ4v) is 7.47. The molecular weight excluding hydrogens is 483 g/mol. The number of benzene rings is 5. The zero-order valence-electron chi connectivity index (χ0n) is 22.0. The lowest BCUT2D eigenvalue weighted by molar-refractivity contribution is 0.00578. The highest BCUT2D eigenvalue weighted by Crippen LogP contribution is 2.50. The fourth-order valence-electron chi connectivity index (χ4n) is 6.20. The van der Waals surface area contributed by atoms with E-state index < -0.39 is 0 Å².